The van der Waals surface area contributed by atoms with E-state index in [9.17, 15) is 4.79 Å². The van der Waals surface area contributed by atoms with Gasteiger partial charge in [-0.2, -0.15) is 0 Å². The Morgan fingerprint density at radius 3 is 3.00 bits per heavy atom. The summed E-state index contributed by atoms with van der Waals surface area (Å²) in [6.45, 7) is 6.08. The zero-order valence-electron chi connectivity index (χ0n) is 7.68. The lowest BCUT2D eigenvalue weighted by Gasteiger charge is -2.47. The minimum Gasteiger partial charge on any atom is -0.299 e. The van der Waals surface area contributed by atoms with Gasteiger partial charge in [0.15, 0.2) is 0 Å². The second-order valence-electron chi connectivity index (χ2n) is 4.32. The predicted molar refractivity (Wildman–Crippen MR) is 48.8 cm³/mol. The van der Waals surface area contributed by atoms with E-state index in [1.165, 1.54) is 12.0 Å². The van der Waals surface area contributed by atoms with Crippen LogP contribution in [0.15, 0.2) is 12.2 Å². The van der Waals surface area contributed by atoms with Crippen molar-refractivity contribution in [2.75, 3.05) is 0 Å². The van der Waals surface area contributed by atoms with Crippen LogP contribution in [0.3, 0.4) is 0 Å². The van der Waals surface area contributed by atoms with E-state index < -0.39 is 0 Å². The fourth-order valence-corrected chi connectivity index (χ4v) is 2.74. The molecule has 1 nitrogen and oxygen atoms in total. The Balaban J connectivity index is 2.05. The summed E-state index contributed by atoms with van der Waals surface area (Å²) >= 11 is 0. The zero-order valence-corrected chi connectivity index (χ0v) is 7.68. The Labute approximate surface area is 73.8 Å². The van der Waals surface area contributed by atoms with Gasteiger partial charge in [0.2, 0.25) is 0 Å². The molecule has 0 saturated heterocycles. The molecule has 0 aromatic rings. The molecule has 0 amide bonds. The number of allylic oxidation sites excluding steroid dienone is 1. The smallest absolute Gasteiger partial charge is 0.136 e. The van der Waals surface area contributed by atoms with Gasteiger partial charge >= 0.3 is 0 Å². The molecule has 2 saturated carbocycles. The first kappa shape index (κ1) is 8.03. The Kier molecular flexibility index (Phi) is 1.82. The summed E-state index contributed by atoms with van der Waals surface area (Å²) in [4.78, 5) is 11.4. The van der Waals surface area contributed by atoms with Crippen molar-refractivity contribution >= 4 is 5.78 Å². The number of fused-ring (bicyclic) bond motifs is 1. The van der Waals surface area contributed by atoms with Crippen LogP contribution in [0.5, 0.6) is 0 Å². The molecule has 0 N–H and O–H groups in total. The number of hydrogen-bond acceptors (Lipinski definition) is 1. The summed E-state index contributed by atoms with van der Waals surface area (Å²) in [5.41, 5.74) is 1.28. The van der Waals surface area contributed by atoms with Crippen LogP contribution in [0.25, 0.3) is 0 Å². The van der Waals surface area contributed by atoms with Gasteiger partial charge in [-0.3, -0.25) is 4.79 Å². The number of ketones is 1. The minimum atomic E-state index is 0.417. The minimum absolute atomic E-state index is 0.417. The van der Waals surface area contributed by atoms with E-state index >= 15 is 0 Å². The van der Waals surface area contributed by atoms with Crippen LogP contribution >= 0.6 is 0 Å². The summed E-state index contributed by atoms with van der Waals surface area (Å²) < 4.78 is 0. The summed E-state index contributed by atoms with van der Waals surface area (Å²) in [5, 5.41) is 0. The van der Waals surface area contributed by atoms with E-state index in [4.69, 9.17) is 0 Å². The molecular weight excluding hydrogens is 148 g/mol. The van der Waals surface area contributed by atoms with Crippen LogP contribution in [0, 0.1) is 17.8 Å². The molecule has 0 aromatic carbocycles. The lowest BCUT2D eigenvalue weighted by Crippen LogP contribution is -2.44. The Hall–Kier alpha value is -0.590. The van der Waals surface area contributed by atoms with Gasteiger partial charge < -0.3 is 0 Å². The Morgan fingerprint density at radius 1 is 1.58 bits per heavy atom. The molecule has 3 atom stereocenters. The molecule has 2 aliphatic rings. The van der Waals surface area contributed by atoms with E-state index in [-0.39, 0.29) is 0 Å². The number of hydrogen-bond donors (Lipinski definition) is 0. The van der Waals surface area contributed by atoms with Crippen molar-refractivity contribution in [3.8, 4) is 0 Å². The second-order valence-corrected chi connectivity index (χ2v) is 4.32. The topological polar surface area (TPSA) is 17.1 Å². The largest absolute Gasteiger partial charge is 0.299 e. The van der Waals surface area contributed by atoms with E-state index in [2.05, 4.69) is 13.5 Å². The number of carbonyl (C=O) groups excluding carboxylic acids is 1. The van der Waals surface area contributed by atoms with Crippen LogP contribution in [0.1, 0.15) is 32.6 Å². The molecule has 12 heavy (non-hydrogen) atoms. The SMILES string of the molecule is C=C(C)C1CC2C(=O)CCCC12. The van der Waals surface area contributed by atoms with Crippen molar-refractivity contribution in [1.29, 1.82) is 0 Å². The lowest BCUT2D eigenvalue weighted by atomic mass is 9.56. The first-order chi connectivity index (χ1) is 5.70. The first-order valence-corrected chi connectivity index (χ1v) is 4.88. The molecule has 0 spiro atoms. The fourth-order valence-electron chi connectivity index (χ4n) is 2.74. The van der Waals surface area contributed by atoms with Crippen molar-refractivity contribution < 1.29 is 4.79 Å². The molecule has 2 rings (SSSR count). The van der Waals surface area contributed by atoms with Crippen LogP contribution in [0.2, 0.25) is 0 Å². The molecule has 0 radical (unpaired) electrons. The van der Waals surface area contributed by atoms with Gasteiger partial charge in [0.1, 0.15) is 5.78 Å². The molecule has 3 unspecified atom stereocenters. The first-order valence-electron chi connectivity index (χ1n) is 4.88. The summed E-state index contributed by atoms with van der Waals surface area (Å²) in [6.07, 6.45) is 4.31. The highest BCUT2D eigenvalue weighted by Gasteiger charge is 2.46. The normalized spacial score (nSPS) is 40.1. The molecule has 0 aromatic heterocycles. The maximum Gasteiger partial charge on any atom is 0.136 e. The van der Waals surface area contributed by atoms with Gasteiger partial charge in [0, 0.05) is 12.3 Å². The van der Waals surface area contributed by atoms with Gasteiger partial charge in [0.05, 0.1) is 0 Å². The highest BCUT2D eigenvalue weighted by Crippen LogP contribution is 2.50. The fraction of sp³-hybridized carbons (Fsp3) is 0.727. The van der Waals surface area contributed by atoms with Gasteiger partial charge in [0.25, 0.3) is 0 Å². The molecule has 2 fully saturated rings. The highest BCUT2D eigenvalue weighted by atomic mass is 16.1. The second kappa shape index (κ2) is 2.72. The van der Waals surface area contributed by atoms with Crippen molar-refractivity contribution in [1.82, 2.24) is 0 Å². The van der Waals surface area contributed by atoms with Crippen LogP contribution in [0.4, 0.5) is 0 Å². The van der Waals surface area contributed by atoms with E-state index in [1.807, 2.05) is 0 Å². The zero-order chi connectivity index (χ0) is 8.72. The highest BCUT2D eigenvalue weighted by molar-refractivity contribution is 5.83. The average Bonchev–Trinajstić information content (AvgIpc) is 1.92. The van der Waals surface area contributed by atoms with Gasteiger partial charge in [-0.25, -0.2) is 0 Å². The maximum atomic E-state index is 11.4. The third kappa shape index (κ3) is 1.03. The standard InChI is InChI=1S/C11H16O/c1-7(2)9-6-10-8(9)4-3-5-11(10)12/h8-10H,1,3-6H2,2H3. The quantitative estimate of drug-likeness (QED) is 0.544. The average molecular weight is 164 g/mol. The number of carbonyl (C=O) groups is 1. The third-order valence-corrected chi connectivity index (χ3v) is 3.55. The molecule has 1 heteroatoms. The van der Waals surface area contributed by atoms with E-state index in [1.54, 1.807) is 0 Å². The van der Waals surface area contributed by atoms with Crippen molar-refractivity contribution in [3.63, 3.8) is 0 Å². The van der Waals surface area contributed by atoms with Crippen molar-refractivity contribution in [2.24, 2.45) is 17.8 Å². The summed E-state index contributed by atoms with van der Waals surface area (Å²) in [7, 11) is 0. The van der Waals surface area contributed by atoms with Crippen LogP contribution < -0.4 is 0 Å². The van der Waals surface area contributed by atoms with Gasteiger partial charge in [-0.1, -0.05) is 12.2 Å². The van der Waals surface area contributed by atoms with Crippen LogP contribution in [-0.2, 0) is 4.79 Å². The van der Waals surface area contributed by atoms with E-state index in [0.29, 0.717) is 23.5 Å². The number of Topliss-reactive ketones (excluding diaryl/α,β-unsaturated/α-hetero) is 1. The predicted octanol–water partition coefficient (Wildman–Crippen LogP) is 2.57. The van der Waals surface area contributed by atoms with Gasteiger partial charge in [-0.05, 0) is 38.0 Å². The van der Waals surface area contributed by atoms with Crippen molar-refractivity contribution in [3.05, 3.63) is 12.2 Å². The maximum absolute atomic E-state index is 11.4. The third-order valence-electron chi connectivity index (χ3n) is 3.55. The molecule has 0 aliphatic heterocycles. The van der Waals surface area contributed by atoms with E-state index in [0.717, 1.165) is 19.3 Å². The summed E-state index contributed by atoms with van der Waals surface area (Å²) in [6, 6.07) is 0. The molecule has 66 valence electrons. The molecular formula is C11H16O. The Morgan fingerprint density at radius 2 is 2.33 bits per heavy atom. The lowest BCUT2D eigenvalue weighted by molar-refractivity contribution is -0.133. The van der Waals surface area contributed by atoms with Crippen molar-refractivity contribution in [2.45, 2.75) is 32.6 Å². The number of rotatable bonds is 1. The van der Waals surface area contributed by atoms with Crippen LogP contribution in [-0.4, -0.2) is 5.78 Å². The van der Waals surface area contributed by atoms with Gasteiger partial charge in [-0.15, -0.1) is 0 Å². The molecule has 0 heterocycles. The summed E-state index contributed by atoms with van der Waals surface area (Å²) in [5.74, 6) is 2.27. The Bertz CT molecular complexity index is 225. The molecule has 2 aliphatic carbocycles. The molecule has 0 bridgehead atoms. The monoisotopic (exact) mass is 164 g/mol.